The third-order valence-electron chi connectivity index (χ3n) is 7.90. The van der Waals surface area contributed by atoms with Crippen molar-refractivity contribution in [2.45, 2.75) is 5.41 Å². The fourth-order valence-electron chi connectivity index (χ4n) is 6.25. The number of fused-ring (bicyclic) bond motifs is 9. The molecule has 9 heteroatoms. The van der Waals surface area contributed by atoms with Gasteiger partial charge in [0.05, 0.1) is 5.41 Å². The number of hydrogen-bond acceptors (Lipinski definition) is 9. The first-order valence-corrected chi connectivity index (χ1v) is 15.2. The van der Waals surface area contributed by atoms with Crippen LogP contribution in [-0.2, 0) is 5.41 Å². The Balaban J connectivity index is 1.35. The van der Waals surface area contributed by atoms with E-state index in [1.165, 1.54) is 20.9 Å². The lowest BCUT2D eigenvalue weighted by Gasteiger charge is -2.41. The first-order chi connectivity index (χ1) is 20.8. The molecular weight excluding hydrogens is 559 g/mol. The monoisotopic (exact) mass is 577 g/mol. The zero-order valence-electron chi connectivity index (χ0n) is 21.9. The average Bonchev–Trinajstić information content (AvgIpc) is 3.79. The Kier molecular flexibility index (Phi) is 5.02. The second-order valence-corrected chi connectivity index (χ2v) is 11.9. The highest BCUT2D eigenvalue weighted by Crippen LogP contribution is 2.64. The molecule has 0 bridgehead atoms. The molecule has 1 aliphatic heterocycles. The molecule has 0 unspecified atom stereocenters. The molecule has 6 aromatic heterocycles. The van der Waals surface area contributed by atoms with Crippen LogP contribution < -0.4 is 4.90 Å². The minimum Gasteiger partial charge on any atom is -0.253 e. The molecule has 7 nitrogen and oxygen atoms in total. The molecule has 42 heavy (non-hydrogen) atoms. The van der Waals surface area contributed by atoms with Gasteiger partial charge in [-0.2, -0.15) is 9.97 Å². The van der Waals surface area contributed by atoms with E-state index in [4.69, 9.17) is 24.9 Å². The smallest absolute Gasteiger partial charge is 0.241 e. The van der Waals surface area contributed by atoms with Crippen molar-refractivity contribution in [2.24, 2.45) is 0 Å². The number of pyridine rings is 3. The minimum absolute atomic E-state index is 0.438. The van der Waals surface area contributed by atoms with Crippen molar-refractivity contribution in [3.63, 3.8) is 0 Å². The number of nitrogens with zero attached hydrogens (tertiary/aromatic N) is 7. The molecule has 2 aliphatic rings. The molecule has 0 saturated heterocycles. The van der Waals surface area contributed by atoms with E-state index in [0.29, 0.717) is 23.3 Å². The van der Waals surface area contributed by atoms with Crippen LogP contribution >= 0.6 is 22.7 Å². The highest BCUT2D eigenvalue weighted by Gasteiger charge is 2.54. The van der Waals surface area contributed by atoms with E-state index < -0.39 is 5.41 Å². The van der Waals surface area contributed by atoms with Crippen LogP contribution in [0.3, 0.4) is 0 Å². The van der Waals surface area contributed by atoms with Crippen LogP contribution in [0.15, 0.2) is 114 Å². The second kappa shape index (κ2) is 8.94. The van der Waals surface area contributed by atoms with Crippen LogP contribution in [0, 0.1) is 0 Å². The summed E-state index contributed by atoms with van der Waals surface area (Å²) >= 11 is 3.58. The largest absolute Gasteiger partial charge is 0.253 e. The zero-order valence-corrected chi connectivity index (χ0v) is 23.5. The maximum atomic E-state index is 5.03. The zero-order chi connectivity index (χ0) is 27.7. The Morgan fingerprint density at radius 3 is 1.79 bits per heavy atom. The van der Waals surface area contributed by atoms with Gasteiger partial charge in [-0.15, -0.1) is 22.7 Å². The number of rotatable bonds is 3. The van der Waals surface area contributed by atoms with Crippen molar-refractivity contribution < 1.29 is 0 Å². The molecule has 0 radical (unpaired) electrons. The standard InChI is InChI=1S/C33H19N7S2/c1-2-8-20(9-3-1)28-37-29(25-12-4-5-15-34-25)39-32(38-28)40-30-23(10-6-16-35-30)33(24-11-7-17-36-31(24)40)21-13-18-41-26(21)27-22(33)14-19-42-27/h1-19H. The van der Waals surface area contributed by atoms with Gasteiger partial charge in [0, 0.05) is 45.0 Å². The molecule has 1 aromatic carbocycles. The Morgan fingerprint density at radius 2 is 1.14 bits per heavy atom. The van der Waals surface area contributed by atoms with Crippen molar-refractivity contribution in [2.75, 3.05) is 4.90 Å². The third-order valence-corrected chi connectivity index (χ3v) is 9.89. The van der Waals surface area contributed by atoms with Gasteiger partial charge in [-0.1, -0.05) is 48.5 Å². The summed E-state index contributed by atoms with van der Waals surface area (Å²) in [5, 5.41) is 4.37. The maximum Gasteiger partial charge on any atom is 0.241 e. The number of aromatic nitrogens is 6. The Morgan fingerprint density at radius 1 is 0.524 bits per heavy atom. The van der Waals surface area contributed by atoms with E-state index in [-0.39, 0.29) is 0 Å². The molecule has 1 aliphatic carbocycles. The van der Waals surface area contributed by atoms with E-state index in [9.17, 15) is 0 Å². The topological polar surface area (TPSA) is 80.6 Å². The molecule has 0 amide bonds. The van der Waals surface area contributed by atoms with Crippen molar-refractivity contribution in [3.05, 3.63) is 137 Å². The second-order valence-electron chi connectivity index (χ2n) is 10.0. The van der Waals surface area contributed by atoms with Gasteiger partial charge >= 0.3 is 0 Å². The highest BCUT2D eigenvalue weighted by atomic mass is 32.1. The van der Waals surface area contributed by atoms with Crippen molar-refractivity contribution in [1.82, 2.24) is 29.9 Å². The molecule has 0 N–H and O–H groups in total. The van der Waals surface area contributed by atoms with E-state index >= 15 is 0 Å². The molecule has 0 atom stereocenters. The molecule has 198 valence electrons. The van der Waals surface area contributed by atoms with Gasteiger partial charge < -0.3 is 0 Å². The van der Waals surface area contributed by atoms with Crippen LogP contribution in [0.25, 0.3) is 32.7 Å². The summed E-state index contributed by atoms with van der Waals surface area (Å²) in [5.41, 5.74) is 5.70. The number of hydrogen-bond donors (Lipinski definition) is 0. The number of benzene rings is 1. The molecule has 9 rings (SSSR count). The van der Waals surface area contributed by atoms with Gasteiger partial charge in [0.15, 0.2) is 11.6 Å². The quantitative estimate of drug-likeness (QED) is 0.213. The lowest BCUT2D eigenvalue weighted by atomic mass is 9.67. The van der Waals surface area contributed by atoms with Gasteiger partial charge in [-0.3, -0.25) is 4.98 Å². The molecule has 7 heterocycles. The van der Waals surface area contributed by atoms with Crippen molar-refractivity contribution >= 4 is 40.3 Å². The van der Waals surface area contributed by atoms with Gasteiger partial charge in [0.1, 0.15) is 17.3 Å². The lowest BCUT2D eigenvalue weighted by molar-refractivity contribution is 0.735. The fourth-order valence-corrected chi connectivity index (χ4v) is 8.35. The minimum atomic E-state index is -0.534. The molecular formula is C33H19N7S2. The van der Waals surface area contributed by atoms with Gasteiger partial charge in [-0.25, -0.2) is 19.9 Å². The normalized spacial score (nSPS) is 13.9. The number of thiophene rings is 2. The summed E-state index contributed by atoms with van der Waals surface area (Å²) in [7, 11) is 0. The van der Waals surface area contributed by atoms with Gasteiger partial charge in [-0.05, 0) is 58.3 Å². The van der Waals surface area contributed by atoms with Crippen LogP contribution in [0.5, 0.6) is 0 Å². The van der Waals surface area contributed by atoms with E-state index in [0.717, 1.165) is 28.3 Å². The average molecular weight is 578 g/mol. The fraction of sp³-hybridized carbons (Fsp3) is 0.0303. The maximum absolute atomic E-state index is 5.03. The van der Waals surface area contributed by atoms with Crippen molar-refractivity contribution in [3.8, 4) is 32.7 Å². The predicted octanol–water partition coefficient (Wildman–Crippen LogP) is 7.66. The summed E-state index contributed by atoms with van der Waals surface area (Å²) in [6.45, 7) is 0. The number of anilines is 3. The summed E-state index contributed by atoms with van der Waals surface area (Å²) < 4.78 is 0. The van der Waals surface area contributed by atoms with Gasteiger partial charge in [0.25, 0.3) is 0 Å². The highest BCUT2D eigenvalue weighted by molar-refractivity contribution is 7.21. The van der Waals surface area contributed by atoms with Crippen LogP contribution in [0.2, 0.25) is 0 Å². The summed E-state index contributed by atoms with van der Waals surface area (Å²) in [6, 6.07) is 28.6. The van der Waals surface area contributed by atoms with Gasteiger partial charge in [0.2, 0.25) is 5.95 Å². The predicted molar refractivity (Wildman–Crippen MR) is 165 cm³/mol. The Labute approximate surface area is 248 Å². The Hall–Kier alpha value is -5.12. The summed E-state index contributed by atoms with van der Waals surface area (Å²) in [6.07, 6.45) is 5.39. The summed E-state index contributed by atoms with van der Waals surface area (Å²) in [4.78, 5) is 34.0. The molecule has 1 spiro atoms. The molecule has 7 aromatic rings. The third kappa shape index (κ3) is 3.14. The van der Waals surface area contributed by atoms with Crippen LogP contribution in [0.1, 0.15) is 22.3 Å². The van der Waals surface area contributed by atoms with E-state index in [1.807, 2.05) is 78.0 Å². The molecule has 0 saturated carbocycles. The van der Waals surface area contributed by atoms with Crippen LogP contribution in [0.4, 0.5) is 17.6 Å². The lowest BCUT2D eigenvalue weighted by Crippen LogP contribution is -2.37. The van der Waals surface area contributed by atoms with E-state index in [1.54, 1.807) is 28.9 Å². The SMILES string of the molecule is c1ccc(-c2nc(-c3ccccn3)nc(N3c4ncccc4C4(c5cccnc53)c3ccsc3-c3sccc34)n2)cc1. The van der Waals surface area contributed by atoms with Crippen LogP contribution in [-0.4, -0.2) is 29.9 Å². The van der Waals surface area contributed by atoms with Crippen molar-refractivity contribution in [1.29, 1.82) is 0 Å². The molecule has 0 fully saturated rings. The first-order valence-electron chi connectivity index (χ1n) is 13.4. The Bertz CT molecular complexity index is 1970. The first kappa shape index (κ1) is 23.6. The van der Waals surface area contributed by atoms with E-state index in [2.05, 4.69) is 40.0 Å². The summed E-state index contributed by atoms with van der Waals surface area (Å²) in [5.74, 6) is 2.97.